The number of halogens is 2. The largest absolute Gasteiger partial charge is 0.396 e. The summed E-state index contributed by atoms with van der Waals surface area (Å²) in [7, 11) is 0. The fraction of sp³-hybridized carbons (Fsp3) is 0.250. The van der Waals surface area contributed by atoms with Gasteiger partial charge in [-0.15, -0.1) is 0 Å². The van der Waals surface area contributed by atoms with Gasteiger partial charge in [0.2, 0.25) is 5.91 Å². The molecule has 0 aliphatic carbocycles. The van der Waals surface area contributed by atoms with E-state index in [9.17, 15) is 14.0 Å². The number of hydrogen-bond acceptors (Lipinski definition) is 4. The molecule has 1 aromatic carbocycles. The van der Waals surface area contributed by atoms with Gasteiger partial charge in [-0.25, -0.2) is 9.37 Å². The standard InChI is InChI=1S/C20H20ClFN4O3/c21-18-10-13-9-16(25-17(13)11-24-18)20(29)26-15(19(28)23-6-1-7-27)8-12-2-4-14(22)5-3-12/h2-5,9-11,15,25,27H,1,6-8H2,(H,23,28)(H,26,29)/t15-/m0/s1. The lowest BCUT2D eigenvalue weighted by atomic mass is 10.0. The molecule has 4 N–H and O–H groups in total. The lowest BCUT2D eigenvalue weighted by molar-refractivity contribution is -0.123. The van der Waals surface area contributed by atoms with Crippen molar-refractivity contribution in [2.24, 2.45) is 0 Å². The molecule has 3 aromatic rings. The van der Waals surface area contributed by atoms with Gasteiger partial charge < -0.3 is 20.7 Å². The minimum atomic E-state index is -0.875. The summed E-state index contributed by atoms with van der Waals surface area (Å²) in [5.41, 5.74) is 1.60. The average molecular weight is 419 g/mol. The average Bonchev–Trinajstić information content (AvgIpc) is 3.12. The number of aliphatic hydroxyl groups excluding tert-OH is 1. The van der Waals surface area contributed by atoms with Crippen LogP contribution >= 0.6 is 11.6 Å². The van der Waals surface area contributed by atoms with Crippen LogP contribution in [0.1, 0.15) is 22.5 Å². The predicted molar refractivity (Wildman–Crippen MR) is 107 cm³/mol. The molecule has 0 spiro atoms. The number of carbonyl (C=O) groups is 2. The van der Waals surface area contributed by atoms with Gasteiger partial charge in [0.05, 0.1) is 11.7 Å². The maximum atomic E-state index is 13.2. The first-order valence-electron chi connectivity index (χ1n) is 9.04. The zero-order chi connectivity index (χ0) is 20.8. The van der Waals surface area contributed by atoms with Gasteiger partial charge in [0.15, 0.2) is 0 Å². The number of pyridine rings is 1. The predicted octanol–water partition coefficient (Wildman–Crippen LogP) is 2.20. The second-order valence-electron chi connectivity index (χ2n) is 6.50. The molecule has 0 fully saturated rings. The van der Waals surface area contributed by atoms with Crippen molar-refractivity contribution in [1.82, 2.24) is 20.6 Å². The van der Waals surface area contributed by atoms with Crippen LogP contribution in [0.4, 0.5) is 4.39 Å². The fourth-order valence-electron chi connectivity index (χ4n) is 2.84. The first-order chi connectivity index (χ1) is 14.0. The highest BCUT2D eigenvalue weighted by Gasteiger charge is 2.22. The van der Waals surface area contributed by atoms with E-state index in [1.165, 1.54) is 18.3 Å². The van der Waals surface area contributed by atoms with Crippen LogP contribution in [0.25, 0.3) is 10.9 Å². The van der Waals surface area contributed by atoms with Crippen molar-refractivity contribution in [1.29, 1.82) is 0 Å². The van der Waals surface area contributed by atoms with Gasteiger partial charge in [-0.2, -0.15) is 0 Å². The van der Waals surface area contributed by atoms with Gasteiger partial charge in [-0.05, 0) is 36.2 Å². The third-order valence-electron chi connectivity index (χ3n) is 4.33. The highest BCUT2D eigenvalue weighted by atomic mass is 35.5. The Bertz CT molecular complexity index is 1010. The number of nitrogens with one attached hydrogen (secondary N) is 3. The van der Waals surface area contributed by atoms with Crippen molar-refractivity contribution >= 4 is 34.3 Å². The summed E-state index contributed by atoms with van der Waals surface area (Å²) in [6.07, 6.45) is 2.11. The Hall–Kier alpha value is -2.97. The molecule has 2 aromatic heterocycles. The normalized spacial score (nSPS) is 12.0. The number of rotatable bonds is 8. The monoisotopic (exact) mass is 418 g/mol. The summed E-state index contributed by atoms with van der Waals surface area (Å²) in [6, 6.07) is 8.09. The Morgan fingerprint density at radius 3 is 2.72 bits per heavy atom. The number of fused-ring (bicyclic) bond motifs is 1. The lowest BCUT2D eigenvalue weighted by Gasteiger charge is -2.18. The number of hydrogen-bond donors (Lipinski definition) is 4. The molecule has 0 unspecified atom stereocenters. The molecule has 0 saturated heterocycles. The van der Waals surface area contributed by atoms with Crippen molar-refractivity contribution in [2.45, 2.75) is 18.9 Å². The van der Waals surface area contributed by atoms with Crippen LogP contribution in [0, 0.1) is 5.82 Å². The quantitative estimate of drug-likeness (QED) is 0.332. The highest BCUT2D eigenvalue weighted by molar-refractivity contribution is 6.30. The fourth-order valence-corrected chi connectivity index (χ4v) is 3.01. The van der Waals surface area contributed by atoms with Gasteiger partial charge in [-0.3, -0.25) is 9.59 Å². The molecule has 0 bridgehead atoms. The van der Waals surface area contributed by atoms with Crippen molar-refractivity contribution in [3.05, 3.63) is 64.8 Å². The van der Waals surface area contributed by atoms with E-state index in [4.69, 9.17) is 16.7 Å². The molecule has 1 atom stereocenters. The molecule has 0 aliphatic rings. The van der Waals surface area contributed by atoms with Crippen molar-refractivity contribution in [3.63, 3.8) is 0 Å². The summed E-state index contributed by atoms with van der Waals surface area (Å²) in [5, 5.41) is 15.3. The van der Waals surface area contributed by atoms with E-state index in [2.05, 4.69) is 20.6 Å². The number of benzene rings is 1. The van der Waals surface area contributed by atoms with E-state index in [1.807, 2.05) is 0 Å². The molecular weight excluding hydrogens is 399 g/mol. The van der Waals surface area contributed by atoms with E-state index in [1.54, 1.807) is 24.3 Å². The van der Waals surface area contributed by atoms with E-state index in [0.717, 1.165) is 5.39 Å². The van der Waals surface area contributed by atoms with Crippen molar-refractivity contribution < 1.29 is 19.1 Å². The SMILES string of the molecule is O=C(N[C@@H](Cc1ccc(F)cc1)C(=O)NCCCO)c1cc2cc(Cl)ncc2[nH]1. The Morgan fingerprint density at radius 1 is 1.24 bits per heavy atom. The van der Waals surface area contributed by atoms with Gasteiger partial charge in [0.25, 0.3) is 5.91 Å². The molecule has 0 aliphatic heterocycles. The summed E-state index contributed by atoms with van der Waals surface area (Å²) >= 11 is 5.87. The molecule has 2 amide bonds. The topological polar surface area (TPSA) is 107 Å². The Kier molecular flexibility index (Phi) is 6.79. The molecule has 0 radical (unpaired) electrons. The maximum absolute atomic E-state index is 13.2. The molecular formula is C20H20ClFN4O3. The van der Waals surface area contributed by atoms with Crippen molar-refractivity contribution in [2.75, 3.05) is 13.2 Å². The number of nitrogens with zero attached hydrogens (tertiary/aromatic N) is 1. The van der Waals surface area contributed by atoms with Crippen LogP contribution in [0.5, 0.6) is 0 Å². The first-order valence-corrected chi connectivity index (χ1v) is 9.42. The van der Waals surface area contributed by atoms with E-state index in [0.29, 0.717) is 22.7 Å². The first kappa shape index (κ1) is 20.8. The lowest BCUT2D eigenvalue weighted by Crippen LogP contribution is -2.48. The van der Waals surface area contributed by atoms with Gasteiger partial charge in [0.1, 0.15) is 22.7 Å². The van der Waals surface area contributed by atoms with Gasteiger partial charge >= 0.3 is 0 Å². The molecule has 152 valence electrons. The molecule has 7 nitrogen and oxygen atoms in total. The molecule has 9 heteroatoms. The molecule has 3 rings (SSSR count). The summed E-state index contributed by atoms with van der Waals surface area (Å²) in [6.45, 7) is 0.225. The van der Waals surface area contributed by atoms with Gasteiger partial charge in [-0.1, -0.05) is 23.7 Å². The minimum Gasteiger partial charge on any atom is -0.396 e. The van der Waals surface area contributed by atoms with Crippen molar-refractivity contribution in [3.8, 4) is 0 Å². The van der Waals surface area contributed by atoms with Crippen LogP contribution in [0.15, 0.2) is 42.6 Å². The minimum absolute atomic E-state index is 0.0546. The van der Waals surface area contributed by atoms with E-state index in [-0.39, 0.29) is 31.1 Å². The number of aromatic amines is 1. The maximum Gasteiger partial charge on any atom is 0.268 e. The van der Waals surface area contributed by atoms with Crippen LogP contribution < -0.4 is 10.6 Å². The Balaban J connectivity index is 1.77. The molecule has 29 heavy (non-hydrogen) atoms. The van der Waals surface area contributed by atoms with Crippen LogP contribution in [0.2, 0.25) is 5.15 Å². The molecule has 2 heterocycles. The Morgan fingerprint density at radius 2 is 2.00 bits per heavy atom. The Labute approximate surface area is 171 Å². The van der Waals surface area contributed by atoms with E-state index < -0.39 is 17.9 Å². The third kappa shape index (κ3) is 5.52. The number of aliphatic hydroxyl groups is 1. The summed E-state index contributed by atoms with van der Waals surface area (Å²) in [5.74, 6) is -1.24. The van der Waals surface area contributed by atoms with Crippen LogP contribution in [-0.4, -0.2) is 46.1 Å². The van der Waals surface area contributed by atoms with E-state index >= 15 is 0 Å². The molecule has 0 saturated carbocycles. The summed E-state index contributed by atoms with van der Waals surface area (Å²) in [4.78, 5) is 32.2. The zero-order valence-corrected chi connectivity index (χ0v) is 16.2. The number of amides is 2. The number of aromatic nitrogens is 2. The smallest absolute Gasteiger partial charge is 0.268 e. The number of carbonyl (C=O) groups excluding carboxylic acids is 2. The van der Waals surface area contributed by atoms with Crippen LogP contribution in [-0.2, 0) is 11.2 Å². The summed E-state index contributed by atoms with van der Waals surface area (Å²) < 4.78 is 13.2. The van der Waals surface area contributed by atoms with Gasteiger partial charge in [0, 0.05) is 25.0 Å². The second kappa shape index (κ2) is 9.49. The number of H-pyrrole nitrogens is 1. The zero-order valence-electron chi connectivity index (χ0n) is 15.4. The second-order valence-corrected chi connectivity index (χ2v) is 6.89. The third-order valence-corrected chi connectivity index (χ3v) is 4.53. The highest BCUT2D eigenvalue weighted by Crippen LogP contribution is 2.18. The van der Waals surface area contributed by atoms with Crippen LogP contribution in [0.3, 0.4) is 0 Å².